The van der Waals surface area contributed by atoms with Crippen LogP contribution in [0.2, 0.25) is 0 Å². The van der Waals surface area contributed by atoms with E-state index in [1.54, 1.807) is 13.0 Å². The summed E-state index contributed by atoms with van der Waals surface area (Å²) in [6.07, 6.45) is 3.68. The van der Waals surface area contributed by atoms with Crippen molar-refractivity contribution in [1.82, 2.24) is 0 Å². The van der Waals surface area contributed by atoms with Gasteiger partial charge < -0.3 is 0 Å². The van der Waals surface area contributed by atoms with Gasteiger partial charge in [-0.3, -0.25) is 0 Å². The zero-order valence-corrected chi connectivity index (χ0v) is 7.42. The first kappa shape index (κ1) is 8.57. The molecule has 0 rings (SSSR count). The molecule has 0 bridgehead atoms. The second kappa shape index (κ2) is 5.70. The zero-order chi connectivity index (χ0) is 7.11. The first-order valence-corrected chi connectivity index (χ1v) is 5.19. The fraction of sp³-hybridized carbons (Fsp3) is 0.143. The molecule has 0 aliphatic carbocycles. The van der Waals surface area contributed by atoms with Crippen molar-refractivity contribution in [3.63, 3.8) is 0 Å². The Kier molecular flexibility index (Phi) is 5.43. The first-order chi connectivity index (χ1) is 4.31. The van der Waals surface area contributed by atoms with Gasteiger partial charge in [0, 0.05) is 5.57 Å². The molecule has 0 aromatic rings. The van der Waals surface area contributed by atoms with E-state index in [0.29, 0.717) is 0 Å². The van der Waals surface area contributed by atoms with E-state index in [1.165, 1.54) is 0 Å². The molecule has 0 amide bonds. The SMILES string of the molecule is C=I/C=C\C=C(/C)C#N. The van der Waals surface area contributed by atoms with Crippen molar-refractivity contribution < 1.29 is 0 Å². The highest BCUT2D eigenvalue weighted by molar-refractivity contribution is 14.2. The van der Waals surface area contributed by atoms with E-state index in [2.05, 4.69) is 4.51 Å². The Labute approximate surface area is 65.4 Å². The molecule has 0 heterocycles. The minimum atomic E-state index is -0.0144. The van der Waals surface area contributed by atoms with Crippen LogP contribution in [0.3, 0.4) is 0 Å². The van der Waals surface area contributed by atoms with Gasteiger partial charge in [-0.15, -0.1) is 20.7 Å². The Hall–Kier alpha value is -0.430. The van der Waals surface area contributed by atoms with Crippen molar-refractivity contribution in [1.29, 1.82) is 5.26 Å². The maximum atomic E-state index is 8.28. The Morgan fingerprint density at radius 2 is 2.44 bits per heavy atom. The summed E-state index contributed by atoms with van der Waals surface area (Å²) < 4.78 is 5.73. The number of hydrogen-bond acceptors (Lipinski definition) is 1. The lowest BCUT2D eigenvalue weighted by Gasteiger charge is -1.75. The van der Waals surface area contributed by atoms with Crippen LogP contribution in [0.25, 0.3) is 0 Å². The normalized spacial score (nSPS) is 11.8. The second-order valence-corrected chi connectivity index (χ2v) is 3.03. The highest BCUT2D eigenvalue weighted by Crippen LogP contribution is 1.95. The summed E-state index contributed by atoms with van der Waals surface area (Å²) in [5, 5.41) is 8.28. The molecule has 0 spiro atoms. The van der Waals surface area contributed by atoms with Gasteiger partial charge in [0.2, 0.25) is 0 Å². The molecule has 0 N–H and O–H groups in total. The van der Waals surface area contributed by atoms with Crippen LogP contribution >= 0.6 is 20.7 Å². The summed E-state index contributed by atoms with van der Waals surface area (Å²) in [5.74, 6) is 0. The Bertz CT molecular complexity index is 184. The summed E-state index contributed by atoms with van der Waals surface area (Å²) in [5.41, 5.74) is 0.740. The predicted molar refractivity (Wildman–Crippen MR) is 49.7 cm³/mol. The van der Waals surface area contributed by atoms with E-state index in [1.807, 2.05) is 16.2 Å². The standard InChI is InChI=1S/C7H8IN/c1-7(6-9)4-3-5-8-2/h3-5H,2H2,1H3/b5-3-,7-4+. The molecule has 0 aliphatic heterocycles. The molecule has 9 heavy (non-hydrogen) atoms. The molecular formula is C7H8IN. The first-order valence-electron chi connectivity index (χ1n) is 2.41. The van der Waals surface area contributed by atoms with Crippen LogP contribution in [0.15, 0.2) is 21.8 Å². The van der Waals surface area contributed by atoms with E-state index >= 15 is 0 Å². The number of nitrogens with zero attached hydrogens (tertiary/aromatic N) is 1. The average molecular weight is 233 g/mol. The van der Waals surface area contributed by atoms with Crippen molar-refractivity contribution >= 4 is 25.2 Å². The highest BCUT2D eigenvalue weighted by atomic mass is 127. The summed E-state index contributed by atoms with van der Waals surface area (Å²) in [6.45, 7) is 1.78. The Morgan fingerprint density at radius 1 is 1.78 bits per heavy atom. The van der Waals surface area contributed by atoms with Crippen LogP contribution in [0, 0.1) is 11.3 Å². The van der Waals surface area contributed by atoms with Crippen LogP contribution in [0.5, 0.6) is 0 Å². The van der Waals surface area contributed by atoms with Crippen molar-refractivity contribution in [2.24, 2.45) is 0 Å². The molecule has 0 radical (unpaired) electrons. The van der Waals surface area contributed by atoms with Gasteiger partial charge in [0.1, 0.15) is 0 Å². The average Bonchev–Trinajstić information content (AvgIpc) is 1.89. The minimum Gasteiger partial charge on any atom is -0.193 e. The predicted octanol–water partition coefficient (Wildman–Crippen LogP) is 2.37. The third kappa shape index (κ3) is 5.44. The zero-order valence-electron chi connectivity index (χ0n) is 5.26. The van der Waals surface area contributed by atoms with Crippen molar-refractivity contribution in [3.8, 4) is 6.07 Å². The van der Waals surface area contributed by atoms with Crippen LogP contribution in [-0.4, -0.2) is 4.51 Å². The fourth-order valence-corrected chi connectivity index (χ4v) is 0.771. The molecule has 0 aliphatic rings. The van der Waals surface area contributed by atoms with Crippen molar-refractivity contribution in [2.75, 3.05) is 0 Å². The van der Waals surface area contributed by atoms with Gasteiger partial charge in [0.15, 0.2) is 0 Å². The molecule has 0 aromatic carbocycles. The molecule has 0 fully saturated rings. The lowest BCUT2D eigenvalue weighted by molar-refractivity contribution is 1.44. The lowest BCUT2D eigenvalue weighted by atomic mass is 10.3. The third-order valence-corrected chi connectivity index (χ3v) is 1.61. The van der Waals surface area contributed by atoms with Crippen molar-refractivity contribution in [2.45, 2.75) is 6.92 Å². The third-order valence-electron chi connectivity index (χ3n) is 0.684. The molecule has 1 nitrogen and oxygen atoms in total. The number of rotatable bonds is 2. The molecule has 0 saturated heterocycles. The van der Waals surface area contributed by atoms with Gasteiger partial charge in [-0.05, 0) is 17.1 Å². The number of hydrogen-bond donors (Lipinski definition) is 0. The van der Waals surface area contributed by atoms with Gasteiger partial charge in [0.05, 0.1) is 6.07 Å². The van der Waals surface area contributed by atoms with Crippen LogP contribution in [0.1, 0.15) is 6.92 Å². The summed E-state index contributed by atoms with van der Waals surface area (Å²) in [6, 6.07) is 2.03. The molecule has 2 heteroatoms. The fourth-order valence-electron chi connectivity index (χ4n) is 0.269. The maximum absolute atomic E-state index is 8.28. The number of halogens is 1. The Balaban J connectivity index is 3.86. The van der Waals surface area contributed by atoms with E-state index in [0.717, 1.165) is 5.57 Å². The van der Waals surface area contributed by atoms with Crippen molar-refractivity contribution in [3.05, 3.63) is 21.8 Å². The summed E-state index contributed by atoms with van der Waals surface area (Å²) in [7, 11) is 0. The number of nitriles is 1. The topological polar surface area (TPSA) is 23.8 Å². The van der Waals surface area contributed by atoms with Gasteiger partial charge >= 0.3 is 0 Å². The number of allylic oxidation sites excluding steroid dienone is 3. The lowest BCUT2D eigenvalue weighted by Crippen LogP contribution is -1.61. The molecule has 0 saturated carbocycles. The largest absolute Gasteiger partial charge is 0.193 e. The van der Waals surface area contributed by atoms with E-state index in [4.69, 9.17) is 5.26 Å². The minimum absolute atomic E-state index is 0.0144. The van der Waals surface area contributed by atoms with E-state index in [9.17, 15) is 0 Å². The summed E-state index contributed by atoms with van der Waals surface area (Å²) >= 11 is -0.0144. The maximum Gasteiger partial charge on any atom is 0.0944 e. The molecular weight excluding hydrogens is 225 g/mol. The van der Waals surface area contributed by atoms with Gasteiger partial charge in [0.25, 0.3) is 0 Å². The molecule has 0 aromatic heterocycles. The summed E-state index contributed by atoms with van der Waals surface area (Å²) in [4.78, 5) is 0. The van der Waals surface area contributed by atoms with Crippen LogP contribution < -0.4 is 0 Å². The quantitative estimate of drug-likeness (QED) is 0.408. The highest BCUT2D eigenvalue weighted by Gasteiger charge is 1.75. The molecule has 0 atom stereocenters. The molecule has 48 valence electrons. The van der Waals surface area contributed by atoms with E-state index < -0.39 is 0 Å². The van der Waals surface area contributed by atoms with Gasteiger partial charge in [-0.1, -0.05) is 10.6 Å². The second-order valence-electron chi connectivity index (χ2n) is 1.43. The van der Waals surface area contributed by atoms with Crippen LogP contribution in [0.4, 0.5) is 0 Å². The van der Waals surface area contributed by atoms with Gasteiger partial charge in [-0.2, -0.15) is 5.26 Å². The van der Waals surface area contributed by atoms with Gasteiger partial charge in [-0.25, -0.2) is 0 Å². The van der Waals surface area contributed by atoms with Crippen LogP contribution in [-0.2, 0) is 0 Å². The monoisotopic (exact) mass is 233 g/mol. The molecule has 0 unspecified atom stereocenters. The Morgan fingerprint density at radius 3 is 2.89 bits per heavy atom. The van der Waals surface area contributed by atoms with E-state index in [-0.39, 0.29) is 20.7 Å². The smallest absolute Gasteiger partial charge is 0.0944 e.